The molecule has 0 saturated carbocycles. The van der Waals surface area contributed by atoms with Crippen LogP contribution in [0, 0.1) is 0 Å². The van der Waals surface area contributed by atoms with E-state index in [4.69, 9.17) is 16.3 Å². The predicted molar refractivity (Wildman–Crippen MR) is 81.9 cm³/mol. The Labute approximate surface area is 144 Å². The number of hydrogen-bond acceptors (Lipinski definition) is 5. The van der Waals surface area contributed by atoms with Crippen molar-refractivity contribution in [3.05, 3.63) is 29.9 Å². The van der Waals surface area contributed by atoms with Gasteiger partial charge in [-0.15, -0.1) is 11.6 Å². The van der Waals surface area contributed by atoms with Crippen LogP contribution in [0.15, 0.2) is 22.7 Å². The van der Waals surface area contributed by atoms with Gasteiger partial charge in [0.2, 0.25) is 5.82 Å². The number of fused-ring (bicyclic) bond motifs is 1. The minimum atomic E-state index is -4.68. The highest BCUT2D eigenvalue weighted by Gasteiger charge is 2.38. The van der Waals surface area contributed by atoms with Crippen molar-refractivity contribution in [1.82, 2.24) is 19.7 Å². The number of hydrogen-bond donors (Lipinski definition) is 0. The van der Waals surface area contributed by atoms with Gasteiger partial charge in [-0.2, -0.15) is 18.2 Å². The first-order valence-corrected chi connectivity index (χ1v) is 8.07. The van der Waals surface area contributed by atoms with Crippen LogP contribution < -0.4 is 0 Å². The molecular formula is C15H12ClF3N4O2. The molecule has 0 bridgehead atoms. The summed E-state index contributed by atoms with van der Waals surface area (Å²) in [5.74, 6) is -0.624. The van der Waals surface area contributed by atoms with Crippen LogP contribution in [-0.4, -0.2) is 32.4 Å². The molecule has 1 atom stereocenters. The summed E-state index contributed by atoms with van der Waals surface area (Å²) in [5.41, 5.74) is 1.82. The van der Waals surface area contributed by atoms with Gasteiger partial charge in [-0.05, 0) is 24.6 Å². The van der Waals surface area contributed by atoms with Crippen LogP contribution in [0.4, 0.5) is 13.2 Å². The van der Waals surface area contributed by atoms with Gasteiger partial charge in [0.05, 0.1) is 29.6 Å². The van der Waals surface area contributed by atoms with Crippen molar-refractivity contribution in [1.29, 1.82) is 0 Å². The Morgan fingerprint density at radius 1 is 1.28 bits per heavy atom. The lowest BCUT2D eigenvalue weighted by molar-refractivity contribution is -0.159. The van der Waals surface area contributed by atoms with Crippen molar-refractivity contribution >= 4 is 22.6 Å². The molecule has 0 unspecified atom stereocenters. The largest absolute Gasteiger partial charge is 0.471 e. The Bertz CT molecular complexity index is 917. The fourth-order valence-electron chi connectivity index (χ4n) is 2.71. The highest BCUT2D eigenvalue weighted by molar-refractivity contribution is 6.16. The smallest absolute Gasteiger partial charge is 0.376 e. The molecular weight excluding hydrogens is 361 g/mol. The van der Waals surface area contributed by atoms with E-state index >= 15 is 0 Å². The summed E-state index contributed by atoms with van der Waals surface area (Å²) in [6, 6.07) is 5.01. The standard InChI is InChI=1S/C15H12ClF3N4O2/c16-6-12-20-10-5-8(13-21-14(25-22-13)15(17,18)19)1-2-11(10)23(12)7-9-3-4-24-9/h1-2,5,9H,3-4,6-7H2/t9-/m0/s1. The second-order valence-corrected chi connectivity index (χ2v) is 5.95. The van der Waals surface area contributed by atoms with Gasteiger partial charge in [0, 0.05) is 12.2 Å². The minimum absolute atomic E-state index is 0.130. The third-order valence-corrected chi connectivity index (χ3v) is 4.29. The van der Waals surface area contributed by atoms with Crippen molar-refractivity contribution < 1.29 is 22.4 Å². The van der Waals surface area contributed by atoms with E-state index in [-0.39, 0.29) is 17.8 Å². The quantitative estimate of drug-likeness (QED) is 0.654. The minimum Gasteiger partial charge on any atom is -0.376 e. The maximum Gasteiger partial charge on any atom is 0.471 e. The summed E-state index contributed by atoms with van der Waals surface area (Å²) in [4.78, 5) is 7.85. The highest BCUT2D eigenvalue weighted by Crippen LogP contribution is 2.30. The van der Waals surface area contributed by atoms with Gasteiger partial charge in [0.1, 0.15) is 5.82 Å². The van der Waals surface area contributed by atoms with Gasteiger partial charge in [-0.3, -0.25) is 0 Å². The van der Waals surface area contributed by atoms with E-state index in [1.165, 1.54) is 0 Å². The van der Waals surface area contributed by atoms with Crippen LogP contribution >= 0.6 is 11.6 Å². The molecule has 1 fully saturated rings. The summed E-state index contributed by atoms with van der Waals surface area (Å²) in [5, 5.41) is 3.39. The van der Waals surface area contributed by atoms with Crippen molar-refractivity contribution in [3.8, 4) is 11.4 Å². The number of alkyl halides is 4. The van der Waals surface area contributed by atoms with Crippen molar-refractivity contribution in [3.63, 3.8) is 0 Å². The van der Waals surface area contributed by atoms with Crippen molar-refractivity contribution in [2.45, 2.75) is 31.1 Å². The summed E-state index contributed by atoms with van der Waals surface area (Å²) < 4.78 is 49.5. The summed E-state index contributed by atoms with van der Waals surface area (Å²) >= 11 is 5.97. The number of ether oxygens (including phenoxy) is 1. The second kappa shape index (κ2) is 5.99. The van der Waals surface area contributed by atoms with Crippen LogP contribution in [0.25, 0.3) is 22.4 Å². The average molecular weight is 373 g/mol. The molecule has 1 aliphatic heterocycles. The lowest BCUT2D eigenvalue weighted by Crippen LogP contribution is -2.31. The fraction of sp³-hybridized carbons (Fsp3) is 0.400. The molecule has 10 heteroatoms. The number of imidazole rings is 1. The maximum atomic E-state index is 12.6. The van der Waals surface area contributed by atoms with E-state index < -0.39 is 12.1 Å². The molecule has 0 N–H and O–H groups in total. The highest BCUT2D eigenvalue weighted by atomic mass is 35.5. The first kappa shape index (κ1) is 16.3. The summed E-state index contributed by atoms with van der Waals surface area (Å²) in [6.07, 6.45) is -3.57. The number of benzene rings is 1. The Morgan fingerprint density at radius 2 is 2.08 bits per heavy atom. The third kappa shape index (κ3) is 2.98. The monoisotopic (exact) mass is 372 g/mol. The van der Waals surface area contributed by atoms with Gasteiger partial charge in [0.25, 0.3) is 0 Å². The van der Waals surface area contributed by atoms with Gasteiger partial charge >= 0.3 is 12.1 Å². The van der Waals surface area contributed by atoms with Crippen molar-refractivity contribution in [2.24, 2.45) is 0 Å². The fourth-order valence-corrected chi connectivity index (χ4v) is 2.92. The SMILES string of the molecule is FC(F)(F)c1nc(-c2ccc3c(c2)nc(CCl)n3C[C@@H]2CCO2)no1. The zero-order valence-electron chi connectivity index (χ0n) is 12.8. The number of halogens is 4. The molecule has 0 spiro atoms. The number of aromatic nitrogens is 4. The topological polar surface area (TPSA) is 66.0 Å². The van der Waals surface area contributed by atoms with E-state index in [1.54, 1.807) is 18.2 Å². The van der Waals surface area contributed by atoms with Gasteiger partial charge < -0.3 is 13.8 Å². The molecule has 0 radical (unpaired) electrons. The van der Waals surface area contributed by atoms with E-state index in [1.807, 2.05) is 4.57 Å². The molecule has 1 aliphatic rings. The van der Waals surface area contributed by atoms with Gasteiger partial charge in [0.15, 0.2) is 0 Å². The Morgan fingerprint density at radius 3 is 2.68 bits per heavy atom. The molecule has 6 nitrogen and oxygen atoms in total. The molecule has 4 rings (SSSR count). The van der Waals surface area contributed by atoms with Crippen LogP contribution in [0.1, 0.15) is 18.1 Å². The van der Waals surface area contributed by atoms with Crippen LogP contribution in [-0.2, 0) is 23.3 Å². The Hall–Kier alpha value is -2.13. The van der Waals surface area contributed by atoms with Crippen LogP contribution in [0.3, 0.4) is 0 Å². The van der Waals surface area contributed by atoms with E-state index in [0.29, 0.717) is 23.4 Å². The molecule has 25 heavy (non-hydrogen) atoms. The number of rotatable bonds is 4. The van der Waals surface area contributed by atoms with Crippen molar-refractivity contribution in [2.75, 3.05) is 6.61 Å². The van der Waals surface area contributed by atoms with E-state index in [2.05, 4.69) is 19.6 Å². The first-order valence-electron chi connectivity index (χ1n) is 7.53. The molecule has 3 heterocycles. The molecule has 132 valence electrons. The van der Waals surface area contributed by atoms with Gasteiger partial charge in [-0.1, -0.05) is 5.16 Å². The van der Waals surface area contributed by atoms with E-state index in [9.17, 15) is 13.2 Å². The lowest BCUT2D eigenvalue weighted by Gasteiger charge is -2.27. The van der Waals surface area contributed by atoms with E-state index in [0.717, 1.165) is 18.5 Å². The molecule has 1 aromatic carbocycles. The first-order chi connectivity index (χ1) is 12.0. The normalized spacial score (nSPS) is 17.8. The molecule has 0 aliphatic carbocycles. The maximum absolute atomic E-state index is 12.6. The lowest BCUT2D eigenvalue weighted by atomic mass is 10.1. The van der Waals surface area contributed by atoms with Gasteiger partial charge in [-0.25, -0.2) is 4.98 Å². The predicted octanol–water partition coefficient (Wildman–Crippen LogP) is 3.63. The summed E-state index contributed by atoms with van der Waals surface area (Å²) in [6.45, 7) is 1.38. The Kier molecular flexibility index (Phi) is 3.92. The Balaban J connectivity index is 1.71. The molecule has 2 aromatic heterocycles. The van der Waals surface area contributed by atoms with Crippen LogP contribution in [0.5, 0.6) is 0 Å². The third-order valence-electron chi connectivity index (χ3n) is 4.05. The van der Waals surface area contributed by atoms with Crippen LogP contribution in [0.2, 0.25) is 0 Å². The number of nitrogens with zero attached hydrogens (tertiary/aromatic N) is 4. The second-order valence-electron chi connectivity index (χ2n) is 5.68. The summed E-state index contributed by atoms with van der Waals surface area (Å²) in [7, 11) is 0. The average Bonchev–Trinajstić information content (AvgIpc) is 3.14. The molecule has 3 aromatic rings. The molecule has 0 amide bonds. The zero-order chi connectivity index (χ0) is 17.6. The zero-order valence-corrected chi connectivity index (χ0v) is 13.5. The molecule has 1 saturated heterocycles.